The van der Waals surface area contributed by atoms with Crippen molar-refractivity contribution in [2.24, 2.45) is 0 Å². The summed E-state index contributed by atoms with van der Waals surface area (Å²) < 4.78 is 52.6. The number of halogens is 2. The lowest BCUT2D eigenvalue weighted by Crippen LogP contribution is -2.35. The van der Waals surface area contributed by atoms with Gasteiger partial charge < -0.3 is 9.15 Å². The molecule has 1 aliphatic rings. The van der Waals surface area contributed by atoms with Crippen LogP contribution in [0.4, 0.5) is 4.39 Å². The Balaban J connectivity index is 0.00000304. The number of ether oxygens (including phenoxy) is 1. The lowest BCUT2D eigenvalue weighted by atomic mass is 10.0. The van der Waals surface area contributed by atoms with E-state index in [0.717, 1.165) is 46.2 Å². The van der Waals surface area contributed by atoms with Crippen LogP contribution in [0.2, 0.25) is 0 Å². The predicted molar refractivity (Wildman–Crippen MR) is 141 cm³/mol. The number of fused-ring (bicyclic) bond motifs is 1. The molecule has 0 atom stereocenters. The van der Waals surface area contributed by atoms with Gasteiger partial charge in [0.15, 0.2) is 0 Å². The lowest BCUT2D eigenvalue weighted by molar-refractivity contribution is 0.258. The van der Waals surface area contributed by atoms with E-state index >= 15 is 0 Å². The Labute approximate surface area is 216 Å². The van der Waals surface area contributed by atoms with Crippen molar-refractivity contribution in [1.29, 1.82) is 0 Å². The molecular formula is C27H28ClFN2O4S. The fourth-order valence-corrected chi connectivity index (χ4v) is 6.07. The molecule has 9 heteroatoms. The van der Waals surface area contributed by atoms with Gasteiger partial charge in [0.05, 0.1) is 18.6 Å². The number of rotatable bonds is 6. The van der Waals surface area contributed by atoms with Crippen LogP contribution in [0.5, 0.6) is 5.75 Å². The molecule has 5 rings (SSSR count). The van der Waals surface area contributed by atoms with Gasteiger partial charge in [-0.2, -0.15) is 4.31 Å². The second kappa shape index (κ2) is 11.0. The van der Waals surface area contributed by atoms with E-state index in [9.17, 15) is 12.8 Å². The van der Waals surface area contributed by atoms with Crippen molar-refractivity contribution in [3.05, 3.63) is 84.4 Å². The molecule has 1 aromatic heterocycles. The quantitative estimate of drug-likeness (QED) is 0.326. The van der Waals surface area contributed by atoms with Gasteiger partial charge in [0.1, 0.15) is 22.9 Å². The molecule has 0 N–H and O–H groups in total. The number of sulfonamides is 1. The van der Waals surface area contributed by atoms with Gasteiger partial charge in [0, 0.05) is 30.6 Å². The third-order valence-corrected chi connectivity index (χ3v) is 8.24. The van der Waals surface area contributed by atoms with Gasteiger partial charge in [-0.1, -0.05) is 30.3 Å². The van der Waals surface area contributed by atoms with Crippen molar-refractivity contribution in [3.63, 3.8) is 0 Å². The van der Waals surface area contributed by atoms with Crippen molar-refractivity contribution < 1.29 is 22.0 Å². The minimum atomic E-state index is -3.73. The summed E-state index contributed by atoms with van der Waals surface area (Å²) in [4.78, 5) is 2.19. The molecule has 0 spiro atoms. The first-order valence-electron chi connectivity index (χ1n) is 11.6. The first kappa shape index (κ1) is 26.2. The summed E-state index contributed by atoms with van der Waals surface area (Å²) in [6.45, 7) is 2.65. The fraction of sp³-hybridized carbons (Fsp3) is 0.259. The van der Waals surface area contributed by atoms with Gasteiger partial charge in [-0.3, -0.25) is 4.90 Å². The monoisotopic (exact) mass is 530 g/mol. The summed E-state index contributed by atoms with van der Waals surface area (Å²) >= 11 is 0. The SMILES string of the molecule is COc1ccccc1-c1ccc2oc(CN3CCCN(S(=O)(=O)c4cccc(F)c4)CC3)cc2c1.Cl. The van der Waals surface area contributed by atoms with Crippen LogP contribution in [0.1, 0.15) is 12.2 Å². The van der Waals surface area contributed by atoms with Crippen LogP contribution in [0.3, 0.4) is 0 Å². The van der Waals surface area contributed by atoms with Crippen LogP contribution in [-0.4, -0.2) is 50.9 Å². The van der Waals surface area contributed by atoms with E-state index in [1.807, 2.05) is 42.5 Å². The second-order valence-corrected chi connectivity index (χ2v) is 10.6. The number of hydrogen-bond acceptors (Lipinski definition) is 5. The smallest absolute Gasteiger partial charge is 0.243 e. The van der Waals surface area contributed by atoms with Gasteiger partial charge in [0.2, 0.25) is 10.0 Å². The zero-order valence-electron chi connectivity index (χ0n) is 19.9. The first-order chi connectivity index (χ1) is 16.9. The van der Waals surface area contributed by atoms with E-state index in [1.54, 1.807) is 7.11 Å². The highest BCUT2D eigenvalue weighted by Gasteiger charge is 2.27. The Bertz CT molecular complexity index is 1460. The molecule has 1 saturated heterocycles. The molecule has 0 bridgehead atoms. The molecule has 0 amide bonds. The maximum absolute atomic E-state index is 13.6. The van der Waals surface area contributed by atoms with Crippen LogP contribution in [-0.2, 0) is 16.6 Å². The summed E-state index contributed by atoms with van der Waals surface area (Å²) in [5, 5.41) is 1.01. The molecule has 0 aliphatic carbocycles. The molecule has 190 valence electrons. The Morgan fingerprint density at radius 3 is 2.58 bits per heavy atom. The van der Waals surface area contributed by atoms with Crippen molar-refractivity contribution in [1.82, 2.24) is 9.21 Å². The highest BCUT2D eigenvalue weighted by molar-refractivity contribution is 7.89. The summed E-state index contributed by atoms with van der Waals surface area (Å²) in [6, 6.07) is 21.2. The van der Waals surface area contributed by atoms with Crippen molar-refractivity contribution in [2.75, 3.05) is 33.3 Å². The number of methoxy groups -OCH3 is 1. The number of hydrogen-bond donors (Lipinski definition) is 0. The Morgan fingerprint density at radius 2 is 1.78 bits per heavy atom. The molecule has 36 heavy (non-hydrogen) atoms. The zero-order valence-corrected chi connectivity index (χ0v) is 21.5. The van der Waals surface area contributed by atoms with Gasteiger partial charge in [-0.15, -0.1) is 12.4 Å². The number of para-hydroxylation sites is 1. The van der Waals surface area contributed by atoms with Crippen LogP contribution in [0.15, 0.2) is 82.1 Å². The molecule has 2 heterocycles. The molecule has 0 unspecified atom stereocenters. The fourth-order valence-electron chi connectivity index (χ4n) is 4.57. The average Bonchev–Trinajstić information content (AvgIpc) is 3.11. The third kappa shape index (κ3) is 5.42. The molecule has 1 fully saturated rings. The highest BCUT2D eigenvalue weighted by Crippen LogP contribution is 2.33. The van der Waals surface area contributed by atoms with E-state index in [1.165, 1.54) is 22.5 Å². The third-order valence-electron chi connectivity index (χ3n) is 6.35. The maximum Gasteiger partial charge on any atom is 0.243 e. The van der Waals surface area contributed by atoms with E-state index in [-0.39, 0.29) is 17.3 Å². The standard InChI is InChI=1S/C27H27FN2O4S.ClH/c1-33-27-9-3-2-8-25(27)20-10-11-26-21(16-20)17-23(34-26)19-29-12-5-13-30(15-14-29)35(31,32)24-7-4-6-22(28)18-24;/h2-4,6-11,16-18H,5,12-15,19H2,1H3;1H. The molecule has 4 aromatic rings. The summed E-state index contributed by atoms with van der Waals surface area (Å²) in [5.41, 5.74) is 2.88. The summed E-state index contributed by atoms with van der Waals surface area (Å²) in [7, 11) is -2.06. The molecule has 1 aliphatic heterocycles. The van der Waals surface area contributed by atoms with E-state index in [0.29, 0.717) is 32.6 Å². The molecule has 0 saturated carbocycles. The summed E-state index contributed by atoms with van der Waals surface area (Å²) in [5.74, 6) is 1.10. The predicted octanol–water partition coefficient (Wildman–Crippen LogP) is 5.57. The largest absolute Gasteiger partial charge is 0.496 e. The summed E-state index contributed by atoms with van der Waals surface area (Å²) in [6.07, 6.45) is 0.687. The molecule has 3 aromatic carbocycles. The van der Waals surface area contributed by atoms with Crippen LogP contribution in [0.25, 0.3) is 22.1 Å². The minimum Gasteiger partial charge on any atom is -0.496 e. The van der Waals surface area contributed by atoms with E-state index in [4.69, 9.17) is 9.15 Å². The number of benzene rings is 3. The molecular weight excluding hydrogens is 503 g/mol. The Kier molecular flexibility index (Phi) is 8.00. The topological polar surface area (TPSA) is 63.0 Å². The van der Waals surface area contributed by atoms with E-state index < -0.39 is 15.8 Å². The van der Waals surface area contributed by atoms with Crippen LogP contribution in [0, 0.1) is 5.82 Å². The number of furan rings is 1. The average molecular weight is 531 g/mol. The van der Waals surface area contributed by atoms with Gasteiger partial charge >= 0.3 is 0 Å². The van der Waals surface area contributed by atoms with Crippen molar-refractivity contribution in [2.45, 2.75) is 17.9 Å². The van der Waals surface area contributed by atoms with Crippen LogP contribution < -0.4 is 4.74 Å². The molecule has 0 radical (unpaired) electrons. The van der Waals surface area contributed by atoms with Gasteiger partial charge in [-0.05, 0) is 61.0 Å². The van der Waals surface area contributed by atoms with Crippen molar-refractivity contribution in [3.8, 4) is 16.9 Å². The first-order valence-corrected chi connectivity index (χ1v) is 13.0. The normalized spacial score (nSPS) is 15.4. The Morgan fingerprint density at radius 1 is 0.944 bits per heavy atom. The second-order valence-electron chi connectivity index (χ2n) is 8.66. The van der Waals surface area contributed by atoms with E-state index in [2.05, 4.69) is 11.0 Å². The van der Waals surface area contributed by atoms with Crippen LogP contribution >= 0.6 is 12.4 Å². The van der Waals surface area contributed by atoms with Crippen molar-refractivity contribution >= 4 is 33.4 Å². The van der Waals surface area contributed by atoms with Gasteiger partial charge in [0.25, 0.3) is 0 Å². The molecule has 6 nitrogen and oxygen atoms in total. The highest BCUT2D eigenvalue weighted by atomic mass is 35.5. The number of nitrogens with zero attached hydrogens (tertiary/aromatic N) is 2. The van der Waals surface area contributed by atoms with Gasteiger partial charge in [-0.25, -0.2) is 12.8 Å². The Hall–Kier alpha value is -2.91. The maximum atomic E-state index is 13.6. The lowest BCUT2D eigenvalue weighted by Gasteiger charge is -2.21. The zero-order chi connectivity index (χ0) is 24.4. The minimum absolute atomic E-state index is 0.